The first kappa shape index (κ1) is 17.0. The number of carbonyl (C=O) groups is 2. The van der Waals surface area contributed by atoms with Crippen LogP contribution < -0.4 is 5.32 Å². The fourth-order valence-electron chi connectivity index (χ4n) is 3.14. The molecule has 3 aromatic rings. The summed E-state index contributed by atoms with van der Waals surface area (Å²) < 4.78 is 0. The van der Waals surface area contributed by atoms with E-state index in [-0.39, 0.29) is 11.8 Å². The Morgan fingerprint density at radius 3 is 2.65 bits per heavy atom. The van der Waals surface area contributed by atoms with Crippen LogP contribution in [0.25, 0.3) is 0 Å². The van der Waals surface area contributed by atoms with Crippen molar-refractivity contribution in [2.75, 3.05) is 11.9 Å². The highest BCUT2D eigenvalue weighted by atomic mass is 32.1. The second kappa shape index (κ2) is 7.43. The second-order valence-electron chi connectivity index (χ2n) is 6.24. The molecule has 26 heavy (non-hydrogen) atoms. The first-order chi connectivity index (χ1) is 12.7. The summed E-state index contributed by atoms with van der Waals surface area (Å²) in [6, 6.07) is 13.7. The van der Waals surface area contributed by atoms with E-state index in [4.69, 9.17) is 0 Å². The SMILES string of the molecule is O=C(Cc1cccs1)Nc1ccc2c(c1)CN(C(=O)c1cccs1)CC2. The highest BCUT2D eigenvalue weighted by Crippen LogP contribution is 2.25. The van der Waals surface area contributed by atoms with Gasteiger partial charge in [0.05, 0.1) is 11.3 Å². The fourth-order valence-corrected chi connectivity index (χ4v) is 4.54. The number of hydrogen-bond acceptors (Lipinski definition) is 4. The lowest BCUT2D eigenvalue weighted by Gasteiger charge is -2.29. The molecule has 2 aromatic heterocycles. The maximum absolute atomic E-state index is 12.6. The molecule has 6 heteroatoms. The lowest BCUT2D eigenvalue weighted by molar-refractivity contribution is -0.115. The molecule has 3 heterocycles. The molecule has 0 saturated heterocycles. The van der Waals surface area contributed by atoms with Gasteiger partial charge in [-0.2, -0.15) is 0 Å². The summed E-state index contributed by atoms with van der Waals surface area (Å²) >= 11 is 3.05. The van der Waals surface area contributed by atoms with Crippen LogP contribution in [0.5, 0.6) is 0 Å². The first-order valence-electron chi connectivity index (χ1n) is 8.46. The molecule has 132 valence electrons. The van der Waals surface area contributed by atoms with Crippen LogP contribution in [-0.2, 0) is 24.2 Å². The van der Waals surface area contributed by atoms with Crippen molar-refractivity contribution in [3.05, 3.63) is 74.1 Å². The normalized spacial score (nSPS) is 13.3. The first-order valence-corrected chi connectivity index (χ1v) is 10.2. The van der Waals surface area contributed by atoms with E-state index in [9.17, 15) is 9.59 Å². The largest absolute Gasteiger partial charge is 0.333 e. The van der Waals surface area contributed by atoms with Crippen molar-refractivity contribution >= 4 is 40.2 Å². The van der Waals surface area contributed by atoms with Gasteiger partial charge >= 0.3 is 0 Å². The van der Waals surface area contributed by atoms with Gasteiger partial charge in [0.15, 0.2) is 0 Å². The zero-order valence-corrected chi connectivity index (χ0v) is 15.7. The van der Waals surface area contributed by atoms with Crippen molar-refractivity contribution in [1.82, 2.24) is 4.90 Å². The third-order valence-corrected chi connectivity index (χ3v) is 6.17. The van der Waals surface area contributed by atoms with Gasteiger partial charge in [-0.05, 0) is 52.6 Å². The van der Waals surface area contributed by atoms with E-state index in [0.717, 1.165) is 34.0 Å². The predicted octanol–water partition coefficient (Wildman–Crippen LogP) is 4.19. The average Bonchev–Trinajstić information content (AvgIpc) is 3.34. The van der Waals surface area contributed by atoms with Gasteiger partial charge in [-0.3, -0.25) is 9.59 Å². The summed E-state index contributed by atoms with van der Waals surface area (Å²) in [4.78, 5) is 28.5. The van der Waals surface area contributed by atoms with E-state index >= 15 is 0 Å². The number of hydrogen-bond donors (Lipinski definition) is 1. The van der Waals surface area contributed by atoms with Crippen LogP contribution in [0, 0.1) is 0 Å². The summed E-state index contributed by atoms with van der Waals surface area (Å²) in [5.41, 5.74) is 3.14. The van der Waals surface area contributed by atoms with Gasteiger partial charge in [-0.15, -0.1) is 22.7 Å². The Kier molecular flexibility index (Phi) is 4.86. The molecule has 0 saturated carbocycles. The number of anilines is 1. The molecule has 1 aromatic carbocycles. The molecule has 0 fully saturated rings. The molecule has 2 amide bonds. The number of thiophene rings is 2. The molecule has 0 radical (unpaired) electrons. The minimum absolute atomic E-state index is 0.0188. The number of fused-ring (bicyclic) bond motifs is 1. The number of nitrogens with zero attached hydrogens (tertiary/aromatic N) is 1. The Morgan fingerprint density at radius 2 is 1.88 bits per heavy atom. The lowest BCUT2D eigenvalue weighted by atomic mass is 9.99. The molecule has 0 unspecified atom stereocenters. The van der Waals surface area contributed by atoms with E-state index < -0.39 is 0 Å². The molecule has 1 aliphatic heterocycles. The molecule has 0 aliphatic carbocycles. The predicted molar refractivity (Wildman–Crippen MR) is 106 cm³/mol. The smallest absolute Gasteiger partial charge is 0.264 e. The topological polar surface area (TPSA) is 49.4 Å². The molecule has 4 rings (SSSR count). The fraction of sp³-hybridized carbons (Fsp3) is 0.200. The zero-order chi connectivity index (χ0) is 17.9. The minimum atomic E-state index is -0.0188. The Morgan fingerprint density at radius 1 is 1.04 bits per heavy atom. The minimum Gasteiger partial charge on any atom is -0.333 e. The molecular formula is C20H18N2O2S2. The number of rotatable bonds is 4. The lowest BCUT2D eigenvalue weighted by Crippen LogP contribution is -2.35. The summed E-state index contributed by atoms with van der Waals surface area (Å²) in [5.74, 6) is 0.0625. The van der Waals surface area contributed by atoms with E-state index in [2.05, 4.69) is 11.4 Å². The number of benzene rings is 1. The third kappa shape index (κ3) is 3.71. The van der Waals surface area contributed by atoms with Crippen LogP contribution in [-0.4, -0.2) is 23.3 Å². The van der Waals surface area contributed by atoms with E-state index in [1.165, 1.54) is 16.9 Å². The van der Waals surface area contributed by atoms with Crippen LogP contribution in [0.15, 0.2) is 53.2 Å². The molecule has 0 spiro atoms. The van der Waals surface area contributed by atoms with Crippen molar-refractivity contribution in [2.45, 2.75) is 19.4 Å². The highest BCUT2D eigenvalue weighted by Gasteiger charge is 2.22. The van der Waals surface area contributed by atoms with Crippen LogP contribution >= 0.6 is 22.7 Å². The van der Waals surface area contributed by atoms with Crippen molar-refractivity contribution in [1.29, 1.82) is 0 Å². The van der Waals surface area contributed by atoms with Gasteiger partial charge in [0.1, 0.15) is 0 Å². The number of nitrogens with one attached hydrogen (secondary N) is 1. The van der Waals surface area contributed by atoms with Crippen LogP contribution in [0.3, 0.4) is 0 Å². The van der Waals surface area contributed by atoms with Crippen molar-refractivity contribution in [2.24, 2.45) is 0 Å². The van der Waals surface area contributed by atoms with Crippen molar-refractivity contribution < 1.29 is 9.59 Å². The summed E-state index contributed by atoms with van der Waals surface area (Å²) in [5, 5.41) is 6.86. The monoisotopic (exact) mass is 382 g/mol. The van der Waals surface area contributed by atoms with Crippen LogP contribution in [0.2, 0.25) is 0 Å². The Labute approximate surface area is 160 Å². The second-order valence-corrected chi connectivity index (χ2v) is 8.22. The molecule has 1 N–H and O–H groups in total. The molecule has 4 nitrogen and oxygen atoms in total. The molecule has 0 atom stereocenters. The Balaban J connectivity index is 1.45. The van der Waals surface area contributed by atoms with Gasteiger partial charge in [-0.25, -0.2) is 0 Å². The highest BCUT2D eigenvalue weighted by molar-refractivity contribution is 7.12. The summed E-state index contributed by atoms with van der Waals surface area (Å²) in [6.07, 6.45) is 1.23. The van der Waals surface area contributed by atoms with Gasteiger partial charge in [0.25, 0.3) is 5.91 Å². The Hall–Kier alpha value is -2.44. The molecular weight excluding hydrogens is 364 g/mol. The van der Waals surface area contributed by atoms with Gasteiger partial charge in [0.2, 0.25) is 5.91 Å². The van der Waals surface area contributed by atoms with E-state index in [1.54, 1.807) is 11.3 Å². The van der Waals surface area contributed by atoms with Crippen LogP contribution in [0.1, 0.15) is 25.7 Å². The number of carbonyl (C=O) groups excluding carboxylic acids is 2. The van der Waals surface area contributed by atoms with E-state index in [1.807, 2.05) is 52.1 Å². The third-order valence-electron chi connectivity index (χ3n) is 4.44. The van der Waals surface area contributed by atoms with Crippen molar-refractivity contribution in [3.8, 4) is 0 Å². The number of amides is 2. The Bertz CT molecular complexity index is 917. The maximum Gasteiger partial charge on any atom is 0.264 e. The van der Waals surface area contributed by atoms with Gasteiger partial charge in [-0.1, -0.05) is 18.2 Å². The van der Waals surface area contributed by atoms with Gasteiger partial charge in [0, 0.05) is 23.7 Å². The maximum atomic E-state index is 12.6. The van der Waals surface area contributed by atoms with Gasteiger partial charge < -0.3 is 10.2 Å². The quantitative estimate of drug-likeness (QED) is 0.736. The van der Waals surface area contributed by atoms with E-state index in [0.29, 0.717) is 13.0 Å². The summed E-state index contributed by atoms with van der Waals surface area (Å²) in [6.45, 7) is 1.31. The summed E-state index contributed by atoms with van der Waals surface area (Å²) in [7, 11) is 0. The molecule has 1 aliphatic rings. The zero-order valence-electron chi connectivity index (χ0n) is 14.1. The van der Waals surface area contributed by atoms with Crippen molar-refractivity contribution in [3.63, 3.8) is 0 Å². The molecule has 0 bridgehead atoms. The standard InChI is InChI=1S/C20H18N2O2S2/c23-19(12-17-3-1-9-25-17)21-16-6-5-14-7-8-22(13-15(14)11-16)20(24)18-4-2-10-26-18/h1-6,9-11H,7-8,12-13H2,(H,21,23). The van der Waals surface area contributed by atoms with Crippen LogP contribution in [0.4, 0.5) is 5.69 Å². The average molecular weight is 383 g/mol.